The van der Waals surface area contributed by atoms with E-state index in [0.717, 1.165) is 5.69 Å². The molecule has 11 heteroatoms. The van der Waals surface area contributed by atoms with Crippen molar-refractivity contribution in [2.24, 2.45) is 0 Å². The van der Waals surface area contributed by atoms with Crippen molar-refractivity contribution in [2.45, 2.75) is 33.3 Å². The fraction of sp³-hybridized carbons (Fsp3) is 0.370. The molecule has 0 saturated carbocycles. The number of imidazole rings is 1. The van der Waals surface area contributed by atoms with E-state index in [9.17, 15) is 14.0 Å². The Labute approximate surface area is 219 Å². The molecule has 1 fully saturated rings. The summed E-state index contributed by atoms with van der Waals surface area (Å²) in [5, 5.41) is 3.23. The average Bonchev–Trinajstić information content (AvgIpc) is 3.27. The number of nitrogens with zero attached hydrogens (tertiary/aromatic N) is 6. The normalized spacial score (nSPS) is 14.3. The van der Waals surface area contributed by atoms with Crippen LogP contribution in [0.15, 0.2) is 36.7 Å². The van der Waals surface area contributed by atoms with Crippen molar-refractivity contribution in [1.29, 1.82) is 0 Å². The molecule has 1 aromatic carbocycles. The lowest BCUT2D eigenvalue weighted by Crippen LogP contribution is -2.50. The quantitative estimate of drug-likeness (QED) is 0.439. The van der Waals surface area contributed by atoms with Crippen LogP contribution in [0, 0.1) is 12.7 Å². The van der Waals surface area contributed by atoms with Gasteiger partial charge in [-0.25, -0.2) is 24.1 Å². The van der Waals surface area contributed by atoms with Crippen LogP contribution in [-0.2, 0) is 4.74 Å². The summed E-state index contributed by atoms with van der Waals surface area (Å²) in [7, 11) is 1.54. The second-order valence-corrected chi connectivity index (χ2v) is 10.3. The molecule has 0 radical (unpaired) electrons. The number of hydrogen-bond acceptors (Lipinski definition) is 7. The van der Waals surface area contributed by atoms with Crippen molar-refractivity contribution in [3.05, 3.63) is 53.9 Å². The molecule has 0 atom stereocenters. The van der Waals surface area contributed by atoms with Crippen molar-refractivity contribution in [3.8, 4) is 11.4 Å². The number of hydrogen-bond donors (Lipinski definition) is 1. The van der Waals surface area contributed by atoms with Crippen molar-refractivity contribution in [3.63, 3.8) is 0 Å². The highest BCUT2D eigenvalue weighted by molar-refractivity contribution is 6.05. The first-order valence-corrected chi connectivity index (χ1v) is 12.4. The monoisotopic (exact) mass is 519 g/mol. The summed E-state index contributed by atoms with van der Waals surface area (Å²) < 4.78 is 21.8. The Morgan fingerprint density at radius 3 is 2.45 bits per heavy atom. The van der Waals surface area contributed by atoms with E-state index in [4.69, 9.17) is 4.74 Å². The number of piperazine rings is 1. The molecule has 0 spiro atoms. The van der Waals surface area contributed by atoms with E-state index >= 15 is 0 Å². The van der Waals surface area contributed by atoms with Gasteiger partial charge in [0, 0.05) is 62.3 Å². The van der Waals surface area contributed by atoms with Gasteiger partial charge in [-0.2, -0.15) is 0 Å². The fourth-order valence-corrected chi connectivity index (χ4v) is 4.51. The number of ether oxygens (including phenoxy) is 1. The van der Waals surface area contributed by atoms with Gasteiger partial charge in [-0.3, -0.25) is 4.79 Å². The first-order valence-electron chi connectivity index (χ1n) is 12.4. The topological polar surface area (TPSA) is 105 Å². The standard InChI is InChI=1S/C27H30FN7O3/c1-16-14-35-15-17(12-20(28)24(35)30-16)23-31-21-7-6-18(13-19(21)22(32-23)25(36)29-5)33-8-10-34(11-9-33)26(37)38-27(2,3)4/h6-7,12-15H,8-11H2,1-5H3,(H,29,36). The molecule has 1 aliphatic rings. The van der Waals surface area contributed by atoms with E-state index in [1.54, 1.807) is 28.6 Å². The van der Waals surface area contributed by atoms with Crippen LogP contribution in [0.5, 0.6) is 0 Å². The van der Waals surface area contributed by atoms with Crippen molar-refractivity contribution < 1.29 is 18.7 Å². The minimum absolute atomic E-state index is 0.198. The summed E-state index contributed by atoms with van der Waals surface area (Å²) in [6, 6.07) is 6.97. The number of aryl methyl sites for hydroxylation is 1. The maximum atomic E-state index is 14.7. The van der Waals surface area contributed by atoms with Crippen molar-refractivity contribution in [1.82, 2.24) is 29.6 Å². The molecule has 1 aliphatic heterocycles. The third kappa shape index (κ3) is 4.96. The Bertz CT molecular complexity index is 1550. The maximum Gasteiger partial charge on any atom is 0.410 e. The van der Waals surface area contributed by atoms with Crippen molar-refractivity contribution in [2.75, 3.05) is 38.1 Å². The number of benzene rings is 1. The molecule has 0 bridgehead atoms. The van der Waals surface area contributed by atoms with Gasteiger partial charge >= 0.3 is 6.09 Å². The van der Waals surface area contributed by atoms with Crippen LogP contribution in [-0.4, -0.2) is 75.1 Å². The van der Waals surface area contributed by atoms with Crippen LogP contribution in [0.2, 0.25) is 0 Å². The first kappa shape index (κ1) is 25.4. The number of fused-ring (bicyclic) bond motifs is 2. The van der Waals surface area contributed by atoms with E-state index in [1.165, 1.54) is 13.1 Å². The number of nitrogens with one attached hydrogen (secondary N) is 1. The Kier molecular flexibility index (Phi) is 6.38. The second-order valence-electron chi connectivity index (χ2n) is 10.3. The van der Waals surface area contributed by atoms with E-state index in [2.05, 4.69) is 25.2 Å². The van der Waals surface area contributed by atoms with E-state index in [-0.39, 0.29) is 29.2 Å². The van der Waals surface area contributed by atoms with E-state index in [0.29, 0.717) is 48.3 Å². The van der Waals surface area contributed by atoms with Gasteiger partial charge in [-0.05, 0) is 52.0 Å². The predicted molar refractivity (Wildman–Crippen MR) is 142 cm³/mol. The van der Waals surface area contributed by atoms with Gasteiger partial charge in [-0.1, -0.05) is 0 Å². The third-order valence-electron chi connectivity index (χ3n) is 6.30. The molecule has 4 heterocycles. The second kappa shape index (κ2) is 9.55. The molecule has 10 nitrogen and oxygen atoms in total. The molecular formula is C27H30FN7O3. The highest BCUT2D eigenvalue weighted by atomic mass is 19.1. The van der Waals surface area contributed by atoms with Crippen LogP contribution >= 0.6 is 0 Å². The number of pyridine rings is 1. The predicted octanol–water partition coefficient (Wildman–Crippen LogP) is 3.81. The number of carbonyl (C=O) groups is 2. The first-order chi connectivity index (χ1) is 18.0. The smallest absolute Gasteiger partial charge is 0.410 e. The van der Waals surface area contributed by atoms with Gasteiger partial charge in [0.05, 0.1) is 11.2 Å². The minimum atomic E-state index is -0.545. The van der Waals surface area contributed by atoms with E-state index in [1.807, 2.05) is 39.0 Å². The molecular weight excluding hydrogens is 489 g/mol. The van der Waals surface area contributed by atoms with Gasteiger partial charge < -0.3 is 24.3 Å². The van der Waals surface area contributed by atoms with E-state index < -0.39 is 11.4 Å². The summed E-state index contributed by atoms with van der Waals surface area (Å²) in [6.07, 6.45) is 3.10. The zero-order chi connectivity index (χ0) is 27.2. The molecule has 38 heavy (non-hydrogen) atoms. The number of rotatable bonds is 3. The summed E-state index contributed by atoms with van der Waals surface area (Å²) >= 11 is 0. The lowest BCUT2D eigenvalue weighted by molar-refractivity contribution is 0.0240. The van der Waals surface area contributed by atoms with Gasteiger partial charge in [0.15, 0.2) is 17.3 Å². The number of halogens is 1. The molecule has 1 N–H and O–H groups in total. The molecule has 1 saturated heterocycles. The summed E-state index contributed by atoms with van der Waals surface area (Å²) in [5.41, 5.74) is 2.44. The number of aromatic nitrogens is 4. The lowest BCUT2D eigenvalue weighted by atomic mass is 10.1. The Balaban J connectivity index is 1.47. The average molecular weight is 520 g/mol. The molecule has 198 valence electrons. The molecule has 2 amide bonds. The van der Waals surface area contributed by atoms with Crippen LogP contribution < -0.4 is 10.2 Å². The Morgan fingerprint density at radius 2 is 1.76 bits per heavy atom. The summed E-state index contributed by atoms with van der Waals surface area (Å²) in [4.78, 5) is 42.5. The van der Waals surface area contributed by atoms with Crippen LogP contribution in [0.4, 0.5) is 14.9 Å². The lowest BCUT2D eigenvalue weighted by Gasteiger charge is -2.36. The van der Waals surface area contributed by atoms with Crippen molar-refractivity contribution >= 4 is 34.2 Å². The maximum absolute atomic E-state index is 14.7. The largest absolute Gasteiger partial charge is 0.444 e. The fourth-order valence-electron chi connectivity index (χ4n) is 4.51. The highest BCUT2D eigenvalue weighted by Crippen LogP contribution is 2.28. The van der Waals surface area contributed by atoms with Gasteiger partial charge in [0.2, 0.25) is 0 Å². The zero-order valence-electron chi connectivity index (χ0n) is 22.1. The minimum Gasteiger partial charge on any atom is -0.444 e. The summed E-state index contributed by atoms with van der Waals surface area (Å²) in [5.74, 6) is -0.630. The van der Waals surface area contributed by atoms with Crippen LogP contribution in [0.1, 0.15) is 37.0 Å². The number of amides is 2. The highest BCUT2D eigenvalue weighted by Gasteiger charge is 2.26. The Hall–Kier alpha value is -4.28. The molecule has 0 aliphatic carbocycles. The summed E-state index contributed by atoms with van der Waals surface area (Å²) in [6.45, 7) is 9.60. The molecule has 4 aromatic rings. The Morgan fingerprint density at radius 1 is 1.03 bits per heavy atom. The third-order valence-corrected chi connectivity index (χ3v) is 6.30. The zero-order valence-corrected chi connectivity index (χ0v) is 22.1. The van der Waals surface area contributed by atoms with Gasteiger partial charge in [0.25, 0.3) is 5.91 Å². The van der Waals surface area contributed by atoms with Crippen LogP contribution in [0.25, 0.3) is 27.9 Å². The molecule has 0 unspecified atom stereocenters. The number of carbonyl (C=O) groups excluding carboxylic acids is 2. The SMILES string of the molecule is CNC(=O)c1nc(-c2cc(F)c3nc(C)cn3c2)nc2ccc(N3CCN(C(=O)OC(C)(C)C)CC3)cc12. The molecule has 5 rings (SSSR count). The number of anilines is 1. The van der Waals surface area contributed by atoms with Gasteiger partial charge in [0.1, 0.15) is 11.3 Å². The molecule has 3 aromatic heterocycles. The van der Waals surface area contributed by atoms with Gasteiger partial charge in [-0.15, -0.1) is 0 Å². The van der Waals surface area contributed by atoms with Crippen LogP contribution in [0.3, 0.4) is 0 Å².